The van der Waals surface area contributed by atoms with E-state index in [4.69, 9.17) is 0 Å². The van der Waals surface area contributed by atoms with Crippen LogP contribution in [0.5, 0.6) is 5.75 Å². The summed E-state index contributed by atoms with van der Waals surface area (Å²) in [5.41, 5.74) is 1.11. The van der Waals surface area contributed by atoms with E-state index >= 15 is 0 Å². The standard InChI is InChI=1S/C13H17NO2/c1-4-6-9(2)14-13(16)11-7-5-8-12(15)10(11)3/h4-5,7-9,15H,1,6H2,2-3H3,(H,14,16). The lowest BCUT2D eigenvalue weighted by molar-refractivity contribution is 0.0939. The molecule has 1 rings (SSSR count). The van der Waals surface area contributed by atoms with Crippen molar-refractivity contribution in [1.82, 2.24) is 5.32 Å². The fraction of sp³-hybridized carbons (Fsp3) is 0.308. The zero-order chi connectivity index (χ0) is 12.1. The van der Waals surface area contributed by atoms with E-state index < -0.39 is 0 Å². The van der Waals surface area contributed by atoms with Crippen molar-refractivity contribution in [3.63, 3.8) is 0 Å². The number of carbonyl (C=O) groups is 1. The first-order chi connectivity index (χ1) is 7.56. The van der Waals surface area contributed by atoms with Crippen molar-refractivity contribution in [3.8, 4) is 5.75 Å². The Morgan fingerprint density at radius 2 is 2.31 bits per heavy atom. The number of nitrogens with one attached hydrogen (secondary N) is 1. The lowest BCUT2D eigenvalue weighted by atomic mass is 10.1. The minimum absolute atomic E-state index is 0.0479. The minimum atomic E-state index is -0.164. The van der Waals surface area contributed by atoms with Crippen molar-refractivity contribution in [1.29, 1.82) is 0 Å². The van der Waals surface area contributed by atoms with Gasteiger partial charge in [-0.25, -0.2) is 0 Å². The van der Waals surface area contributed by atoms with Crippen LogP contribution in [-0.4, -0.2) is 17.1 Å². The number of hydrogen-bond donors (Lipinski definition) is 2. The van der Waals surface area contributed by atoms with Gasteiger partial charge in [0.1, 0.15) is 5.75 Å². The fourth-order valence-corrected chi connectivity index (χ4v) is 1.48. The van der Waals surface area contributed by atoms with Gasteiger partial charge in [0.05, 0.1) is 0 Å². The zero-order valence-corrected chi connectivity index (χ0v) is 9.66. The van der Waals surface area contributed by atoms with Gasteiger partial charge in [-0.05, 0) is 32.4 Å². The fourth-order valence-electron chi connectivity index (χ4n) is 1.48. The maximum Gasteiger partial charge on any atom is 0.251 e. The van der Waals surface area contributed by atoms with Crippen LogP contribution in [0.15, 0.2) is 30.9 Å². The number of benzene rings is 1. The molecule has 86 valence electrons. The van der Waals surface area contributed by atoms with E-state index in [-0.39, 0.29) is 17.7 Å². The van der Waals surface area contributed by atoms with Crippen LogP contribution in [0.1, 0.15) is 29.3 Å². The molecule has 0 aliphatic heterocycles. The summed E-state index contributed by atoms with van der Waals surface area (Å²) < 4.78 is 0. The van der Waals surface area contributed by atoms with Gasteiger partial charge < -0.3 is 10.4 Å². The van der Waals surface area contributed by atoms with Crippen molar-refractivity contribution in [3.05, 3.63) is 42.0 Å². The predicted molar refractivity (Wildman–Crippen MR) is 64.6 cm³/mol. The molecule has 0 saturated heterocycles. The van der Waals surface area contributed by atoms with Gasteiger partial charge >= 0.3 is 0 Å². The van der Waals surface area contributed by atoms with Gasteiger partial charge in [-0.15, -0.1) is 6.58 Å². The van der Waals surface area contributed by atoms with Gasteiger partial charge in [-0.1, -0.05) is 12.1 Å². The average Bonchev–Trinajstić information content (AvgIpc) is 2.22. The monoisotopic (exact) mass is 219 g/mol. The first-order valence-corrected chi connectivity index (χ1v) is 5.26. The molecule has 2 N–H and O–H groups in total. The molecule has 0 radical (unpaired) electrons. The Balaban J connectivity index is 2.81. The van der Waals surface area contributed by atoms with Gasteiger partial charge in [0, 0.05) is 17.2 Å². The lowest BCUT2D eigenvalue weighted by Gasteiger charge is -2.13. The second kappa shape index (κ2) is 5.35. The summed E-state index contributed by atoms with van der Waals surface area (Å²) in [5, 5.41) is 12.3. The van der Waals surface area contributed by atoms with Crippen LogP contribution in [0, 0.1) is 6.92 Å². The van der Waals surface area contributed by atoms with E-state index in [1.54, 1.807) is 31.2 Å². The third kappa shape index (κ3) is 2.86. The lowest BCUT2D eigenvalue weighted by Crippen LogP contribution is -2.32. The van der Waals surface area contributed by atoms with Crippen molar-refractivity contribution in [2.75, 3.05) is 0 Å². The van der Waals surface area contributed by atoms with Crippen molar-refractivity contribution < 1.29 is 9.90 Å². The molecular weight excluding hydrogens is 202 g/mol. The van der Waals surface area contributed by atoms with Crippen LogP contribution < -0.4 is 5.32 Å². The normalized spacial score (nSPS) is 11.9. The molecule has 0 bridgehead atoms. The Bertz CT molecular complexity index is 399. The number of hydrogen-bond acceptors (Lipinski definition) is 2. The highest BCUT2D eigenvalue weighted by Gasteiger charge is 2.12. The first kappa shape index (κ1) is 12.3. The van der Waals surface area contributed by atoms with Crippen LogP contribution in [0.25, 0.3) is 0 Å². The average molecular weight is 219 g/mol. The van der Waals surface area contributed by atoms with Crippen LogP contribution in [0.3, 0.4) is 0 Å². The molecular formula is C13H17NO2. The Labute approximate surface area is 95.8 Å². The van der Waals surface area contributed by atoms with E-state index in [1.807, 2.05) is 6.92 Å². The molecule has 1 atom stereocenters. The van der Waals surface area contributed by atoms with Gasteiger partial charge in [-0.3, -0.25) is 4.79 Å². The number of phenolic OH excluding ortho intramolecular Hbond substituents is 1. The highest BCUT2D eigenvalue weighted by molar-refractivity contribution is 5.96. The highest BCUT2D eigenvalue weighted by atomic mass is 16.3. The SMILES string of the molecule is C=CCC(C)NC(=O)c1cccc(O)c1C. The maximum atomic E-state index is 11.8. The molecule has 0 spiro atoms. The minimum Gasteiger partial charge on any atom is -0.508 e. The molecule has 0 aliphatic carbocycles. The number of amides is 1. The Hall–Kier alpha value is -1.77. The Morgan fingerprint density at radius 3 is 2.94 bits per heavy atom. The smallest absolute Gasteiger partial charge is 0.251 e. The summed E-state index contributed by atoms with van der Waals surface area (Å²) in [5.74, 6) is -0.0215. The third-order valence-corrected chi connectivity index (χ3v) is 2.45. The van der Waals surface area contributed by atoms with E-state index in [0.29, 0.717) is 11.1 Å². The molecule has 0 aliphatic rings. The molecule has 1 amide bonds. The topological polar surface area (TPSA) is 49.3 Å². The summed E-state index contributed by atoms with van der Waals surface area (Å²) >= 11 is 0. The summed E-state index contributed by atoms with van der Waals surface area (Å²) in [6, 6.07) is 4.98. The van der Waals surface area contributed by atoms with Crippen LogP contribution in [0.2, 0.25) is 0 Å². The van der Waals surface area contributed by atoms with Crippen molar-refractivity contribution >= 4 is 5.91 Å². The molecule has 3 heteroatoms. The molecule has 0 aromatic heterocycles. The molecule has 0 saturated carbocycles. The Kier molecular flexibility index (Phi) is 4.11. The van der Waals surface area contributed by atoms with Crippen molar-refractivity contribution in [2.24, 2.45) is 0 Å². The van der Waals surface area contributed by atoms with Gasteiger partial charge in [0.25, 0.3) is 5.91 Å². The Morgan fingerprint density at radius 1 is 1.62 bits per heavy atom. The van der Waals surface area contributed by atoms with Crippen LogP contribution in [-0.2, 0) is 0 Å². The molecule has 0 heterocycles. The first-order valence-electron chi connectivity index (χ1n) is 5.26. The van der Waals surface area contributed by atoms with E-state index in [9.17, 15) is 9.90 Å². The van der Waals surface area contributed by atoms with Gasteiger partial charge in [-0.2, -0.15) is 0 Å². The van der Waals surface area contributed by atoms with Crippen LogP contribution >= 0.6 is 0 Å². The van der Waals surface area contributed by atoms with Crippen LogP contribution in [0.4, 0.5) is 0 Å². The summed E-state index contributed by atoms with van der Waals surface area (Å²) in [6.45, 7) is 7.26. The number of aromatic hydroxyl groups is 1. The second-order valence-electron chi connectivity index (χ2n) is 3.85. The van der Waals surface area contributed by atoms with E-state index in [1.165, 1.54) is 0 Å². The largest absolute Gasteiger partial charge is 0.508 e. The molecule has 16 heavy (non-hydrogen) atoms. The van der Waals surface area contributed by atoms with E-state index in [2.05, 4.69) is 11.9 Å². The van der Waals surface area contributed by atoms with Gasteiger partial charge in [0.2, 0.25) is 0 Å². The van der Waals surface area contributed by atoms with Gasteiger partial charge in [0.15, 0.2) is 0 Å². The second-order valence-corrected chi connectivity index (χ2v) is 3.85. The maximum absolute atomic E-state index is 11.8. The number of carbonyl (C=O) groups excluding carboxylic acids is 1. The quantitative estimate of drug-likeness (QED) is 0.764. The zero-order valence-electron chi connectivity index (χ0n) is 9.66. The summed E-state index contributed by atoms with van der Waals surface area (Å²) in [6.07, 6.45) is 2.49. The van der Waals surface area contributed by atoms with Crippen molar-refractivity contribution in [2.45, 2.75) is 26.3 Å². The van der Waals surface area contributed by atoms with E-state index in [0.717, 1.165) is 6.42 Å². The molecule has 1 aromatic carbocycles. The predicted octanol–water partition coefficient (Wildman–Crippen LogP) is 2.40. The highest BCUT2D eigenvalue weighted by Crippen LogP contribution is 2.19. The molecule has 1 aromatic rings. The molecule has 3 nitrogen and oxygen atoms in total. The summed E-state index contributed by atoms with van der Waals surface area (Å²) in [4.78, 5) is 11.8. The molecule has 0 fully saturated rings. The third-order valence-electron chi connectivity index (χ3n) is 2.45. The number of phenols is 1. The summed E-state index contributed by atoms with van der Waals surface area (Å²) in [7, 11) is 0. The molecule has 1 unspecified atom stereocenters. The number of rotatable bonds is 4.